The molecule has 0 spiro atoms. The number of carbonyl (C=O) groups excluding carboxylic acids is 2. The van der Waals surface area contributed by atoms with Crippen LogP contribution < -0.4 is 10.1 Å². The number of hydrogen-bond donors (Lipinski definition) is 6. The molecule has 5 rings (SSSR count). The molecule has 13 atom stereocenters. The lowest BCUT2D eigenvalue weighted by molar-refractivity contribution is -0.274. The number of aryl methyl sites for hydroxylation is 3. The Balaban J connectivity index is -0.000000327. The number of alkyl halides is 3. The van der Waals surface area contributed by atoms with Gasteiger partial charge in [0.1, 0.15) is 12.5 Å². The number of nitrogens with zero attached hydrogens (tertiary/aromatic N) is 4. The molecule has 3 saturated heterocycles. The predicted molar refractivity (Wildman–Crippen MR) is 304 cm³/mol. The molecule has 1 unspecified atom stereocenters. The summed E-state index contributed by atoms with van der Waals surface area (Å²) < 4.78 is 68.6. The van der Waals surface area contributed by atoms with Gasteiger partial charge in [-0.25, -0.2) is 0 Å². The number of halogens is 3. The third-order valence-electron chi connectivity index (χ3n) is 12.0. The molecular weight excluding hydrogens is 1020 g/mol. The summed E-state index contributed by atoms with van der Waals surface area (Å²) in [5, 5.41) is 58.9. The largest absolute Gasteiger partial charge is 0.573 e. The van der Waals surface area contributed by atoms with Gasteiger partial charge in [0.15, 0.2) is 12.6 Å². The van der Waals surface area contributed by atoms with E-state index < -0.39 is 48.8 Å². The molecule has 3 aliphatic heterocycles. The van der Waals surface area contributed by atoms with E-state index in [-0.39, 0.29) is 48.4 Å². The van der Waals surface area contributed by atoms with Crippen molar-refractivity contribution in [2.75, 3.05) is 48.6 Å². The molecule has 21 heteroatoms. The standard InChI is InChI=1S/C24H45NO7.C13H14F3N3O.C7H15NO2.C3H8.C2H6O.3C2H6.CH4O.CH2O/c1-14-12-20(31-18(5)21(14)27)32-22-15(2)13-24(6,29)9-10-25(7)17(4)19(26)8-11-30-23(28)16(22)3;1-2-11-9-19(18-17-11)8-7-10-3-5-12(6-4-10)20-13(14,15)16;1-5-3-6(8-2)4-7(9)10-5;2*1-3-2;5*1-2/h14-22,26-27,29H,8-13H2,1-7H3;3-6,9H,2,7-8H2,1H3;5-9H,3-4H2,1-2H3;3H2,1-2H3;1-2H3;3*1-2H3;2H,1H3;1H2/t14-,15+,16+,17+,18?,19-,20-,21+,22-,24+;;5-,6+,7-;;;;;;;/m0.1......./s1. The zero-order valence-corrected chi connectivity index (χ0v) is 51.9. The summed E-state index contributed by atoms with van der Waals surface area (Å²) >= 11 is 0. The zero-order chi connectivity index (χ0) is 61.8. The Kier molecular flexibility index (Phi) is 52.9. The second-order valence-corrected chi connectivity index (χ2v) is 18.8. The van der Waals surface area contributed by atoms with Gasteiger partial charge in [-0.2, -0.15) is 0 Å². The first-order valence-electron chi connectivity index (χ1n) is 28.0. The number of hydrogen-bond acceptors (Lipinski definition) is 17. The van der Waals surface area contributed by atoms with Crippen molar-refractivity contribution in [2.24, 2.45) is 17.8 Å². The van der Waals surface area contributed by atoms with Crippen LogP contribution >= 0.6 is 0 Å². The topological polar surface area (TPSA) is 237 Å². The minimum Gasteiger partial charge on any atom is -0.465 e. The molecule has 0 saturated carbocycles. The van der Waals surface area contributed by atoms with E-state index in [1.165, 1.54) is 18.6 Å². The van der Waals surface area contributed by atoms with Crippen LogP contribution in [0.25, 0.3) is 0 Å². The first kappa shape index (κ1) is 83.5. The molecular formula is C57H112F3N5O13. The van der Waals surface area contributed by atoms with E-state index in [2.05, 4.69) is 39.0 Å². The summed E-state index contributed by atoms with van der Waals surface area (Å²) in [7, 11) is 8.09. The second-order valence-electron chi connectivity index (χ2n) is 18.8. The SMILES string of the molecule is C=O.CC.CC.CC.CC1O[C@@H](O[C@H]2[C@H](C)C[C@](C)(O)CCN(C)[C@H](C)[C@@H](O)CCOC(=O)[C@@H]2C)C[C@H](C)[C@H]1O.CCC.CCc1cn(CCc2ccc(OC(F)(F)F)cc2)nn1.CN[C@H]1C[C@@H](C)O[C@@H](O)C1.CO.COC. The summed E-state index contributed by atoms with van der Waals surface area (Å²) in [4.78, 5) is 22.9. The minimum absolute atomic E-state index is 0.0157. The molecule has 2 aromatic rings. The van der Waals surface area contributed by atoms with Crippen molar-refractivity contribution in [3.05, 3.63) is 41.7 Å². The van der Waals surface area contributed by atoms with Crippen molar-refractivity contribution in [1.29, 1.82) is 0 Å². The number of rotatable bonds is 8. The van der Waals surface area contributed by atoms with Crippen molar-refractivity contribution in [3.8, 4) is 5.75 Å². The highest BCUT2D eigenvalue weighted by atomic mass is 19.4. The fourth-order valence-electron chi connectivity index (χ4n) is 7.97. The smallest absolute Gasteiger partial charge is 0.465 e. The molecule has 3 aliphatic rings. The van der Waals surface area contributed by atoms with Crippen LogP contribution in [-0.4, -0.2) is 174 Å². The highest BCUT2D eigenvalue weighted by Gasteiger charge is 2.40. The molecule has 0 bridgehead atoms. The van der Waals surface area contributed by atoms with E-state index in [0.29, 0.717) is 57.7 Å². The van der Waals surface area contributed by atoms with Gasteiger partial charge < -0.3 is 69.0 Å². The molecule has 0 aliphatic carbocycles. The average Bonchev–Trinajstić information content (AvgIpc) is 3.89. The monoisotopic (exact) mass is 1130 g/mol. The number of ether oxygens (including phenoxy) is 6. The summed E-state index contributed by atoms with van der Waals surface area (Å²) in [6.45, 7) is 34.9. The number of aliphatic hydroxyl groups is 5. The van der Waals surface area contributed by atoms with Gasteiger partial charge in [0.05, 0.1) is 54.3 Å². The Labute approximate surface area is 469 Å². The Bertz CT molecular complexity index is 1630. The lowest BCUT2D eigenvalue weighted by Gasteiger charge is -2.41. The summed E-state index contributed by atoms with van der Waals surface area (Å²) in [5.74, 6) is -1.28. The van der Waals surface area contributed by atoms with Gasteiger partial charge in [0.2, 0.25) is 0 Å². The highest BCUT2D eigenvalue weighted by molar-refractivity contribution is 5.72. The molecule has 18 nitrogen and oxygen atoms in total. The Morgan fingerprint density at radius 1 is 0.885 bits per heavy atom. The van der Waals surface area contributed by atoms with Gasteiger partial charge in [0.25, 0.3) is 0 Å². The molecule has 4 heterocycles. The maximum absolute atomic E-state index is 12.8. The quantitative estimate of drug-likeness (QED) is 0.135. The van der Waals surface area contributed by atoms with Gasteiger partial charge in [-0.3, -0.25) is 9.48 Å². The van der Waals surface area contributed by atoms with Gasteiger partial charge in [-0.1, -0.05) is 99.9 Å². The van der Waals surface area contributed by atoms with E-state index in [0.717, 1.165) is 31.2 Å². The molecule has 3 fully saturated rings. The lowest BCUT2D eigenvalue weighted by Crippen LogP contribution is -2.48. The van der Waals surface area contributed by atoms with E-state index >= 15 is 0 Å². The minimum atomic E-state index is -4.65. The van der Waals surface area contributed by atoms with E-state index in [1.807, 2.05) is 122 Å². The highest BCUT2D eigenvalue weighted by Crippen LogP contribution is 2.33. The van der Waals surface area contributed by atoms with Gasteiger partial charge >= 0.3 is 12.3 Å². The van der Waals surface area contributed by atoms with Crippen LogP contribution in [0.2, 0.25) is 0 Å². The molecule has 1 aromatic carbocycles. The third-order valence-corrected chi connectivity index (χ3v) is 12.0. The van der Waals surface area contributed by atoms with Gasteiger partial charge in [-0.05, 0) is 110 Å². The van der Waals surface area contributed by atoms with Crippen molar-refractivity contribution >= 4 is 12.8 Å². The molecule has 78 heavy (non-hydrogen) atoms. The van der Waals surface area contributed by atoms with E-state index in [1.54, 1.807) is 38.0 Å². The summed E-state index contributed by atoms with van der Waals surface area (Å²) in [6.07, 6.45) is 0.527. The number of aliphatic hydroxyl groups excluding tert-OH is 4. The lowest BCUT2D eigenvalue weighted by atomic mass is 9.82. The number of aromatic nitrogens is 3. The number of nitrogens with one attached hydrogen (secondary N) is 1. The second kappa shape index (κ2) is 49.5. The number of esters is 1. The molecule has 464 valence electrons. The maximum atomic E-state index is 12.8. The van der Waals surface area contributed by atoms with Crippen molar-refractivity contribution in [2.45, 2.75) is 242 Å². The van der Waals surface area contributed by atoms with Gasteiger partial charge in [0, 0.05) is 72.0 Å². The van der Waals surface area contributed by atoms with Crippen molar-refractivity contribution in [3.63, 3.8) is 0 Å². The Morgan fingerprint density at radius 3 is 1.88 bits per heavy atom. The summed E-state index contributed by atoms with van der Waals surface area (Å²) in [6, 6.07) is 6.14. The first-order chi connectivity index (χ1) is 36.8. The van der Waals surface area contributed by atoms with Crippen molar-refractivity contribution in [1.82, 2.24) is 25.2 Å². The van der Waals surface area contributed by atoms with E-state index in [9.17, 15) is 33.3 Å². The Hall–Kier alpha value is -3.35. The first-order valence-corrected chi connectivity index (χ1v) is 28.0. The molecule has 6 N–H and O–H groups in total. The molecule has 1 aromatic heterocycles. The van der Waals surface area contributed by atoms with Crippen LogP contribution in [0.3, 0.4) is 0 Å². The average molecular weight is 1130 g/mol. The maximum Gasteiger partial charge on any atom is 0.573 e. The zero-order valence-electron chi connectivity index (χ0n) is 51.9. The van der Waals surface area contributed by atoms with Crippen LogP contribution in [0.15, 0.2) is 30.5 Å². The number of likely N-dealkylation sites (N-methyl/N-ethyl adjacent to an activating group) is 1. The van der Waals surface area contributed by atoms with Crippen molar-refractivity contribution < 1.29 is 76.7 Å². The molecule has 0 radical (unpaired) electrons. The van der Waals surface area contributed by atoms with Crippen LogP contribution in [0.4, 0.5) is 13.2 Å². The van der Waals surface area contributed by atoms with Crippen LogP contribution in [0.5, 0.6) is 5.75 Å². The van der Waals surface area contributed by atoms with Gasteiger partial charge in [-0.15, -0.1) is 18.3 Å². The number of benzene rings is 1. The number of cyclic esters (lactones) is 1. The Morgan fingerprint density at radius 2 is 1.42 bits per heavy atom. The third kappa shape index (κ3) is 38.3. The van der Waals surface area contributed by atoms with Crippen LogP contribution in [-0.2, 0) is 52.7 Å². The predicted octanol–water partition coefficient (Wildman–Crippen LogP) is 9.19. The van der Waals surface area contributed by atoms with Crippen LogP contribution in [0.1, 0.15) is 167 Å². The van der Waals surface area contributed by atoms with Crippen LogP contribution in [0, 0.1) is 17.8 Å². The number of carbonyl (C=O) groups is 2. The fourth-order valence-corrected chi connectivity index (χ4v) is 7.97. The summed E-state index contributed by atoms with van der Waals surface area (Å²) in [5.41, 5.74) is 0.866. The number of methoxy groups -OCH3 is 1. The normalized spacial score (nSPS) is 28.1. The fraction of sp³-hybridized carbons (Fsp3) is 0.825. The molecule has 0 amide bonds. The van der Waals surface area contributed by atoms with E-state index in [4.69, 9.17) is 34.0 Å².